The second kappa shape index (κ2) is 7.76. The molecular weight excluding hydrogens is 322 g/mol. The van der Waals surface area contributed by atoms with Crippen LogP contribution in [0.4, 0.5) is 4.79 Å². The van der Waals surface area contributed by atoms with Crippen molar-refractivity contribution in [1.82, 2.24) is 4.90 Å². The second-order valence-corrected chi connectivity index (χ2v) is 7.25. The van der Waals surface area contributed by atoms with Gasteiger partial charge in [0.15, 0.2) is 0 Å². The number of hydrogen-bond acceptors (Lipinski definition) is 5. The first-order chi connectivity index (χ1) is 11.7. The summed E-state index contributed by atoms with van der Waals surface area (Å²) >= 11 is 0. The van der Waals surface area contributed by atoms with Gasteiger partial charge < -0.3 is 19.1 Å². The smallest absolute Gasteiger partial charge is 0.410 e. The van der Waals surface area contributed by atoms with Crippen molar-refractivity contribution in [2.24, 2.45) is 0 Å². The van der Waals surface area contributed by atoms with E-state index in [-0.39, 0.29) is 18.2 Å². The van der Waals surface area contributed by atoms with Crippen LogP contribution < -0.4 is 4.74 Å². The Kier molecular flexibility index (Phi) is 5.93. The molecule has 0 spiro atoms. The van der Waals surface area contributed by atoms with Gasteiger partial charge in [0.25, 0.3) is 0 Å². The molecule has 138 valence electrons. The zero-order chi connectivity index (χ0) is 18.6. The summed E-state index contributed by atoms with van der Waals surface area (Å²) < 4.78 is 16.2. The van der Waals surface area contributed by atoms with E-state index in [0.29, 0.717) is 24.4 Å². The Balaban J connectivity index is 1.92. The molecule has 1 fully saturated rings. The fourth-order valence-corrected chi connectivity index (χ4v) is 2.68. The van der Waals surface area contributed by atoms with Gasteiger partial charge in [0, 0.05) is 25.9 Å². The van der Waals surface area contributed by atoms with E-state index in [4.69, 9.17) is 14.2 Å². The summed E-state index contributed by atoms with van der Waals surface area (Å²) in [5.41, 5.74) is 0.863. The standard InChI is InChI=1S/C19H27NO5/c1-13-6-7-15(12-16(13)17(21)23-5)24-14-8-10-20(11-9-14)18(22)25-19(2,3)4/h6-7,12,14H,8-11H2,1-5H3. The summed E-state index contributed by atoms with van der Waals surface area (Å²) in [6, 6.07) is 5.40. The number of piperidine rings is 1. The van der Waals surface area contributed by atoms with Gasteiger partial charge in [-0.05, 0) is 45.4 Å². The van der Waals surface area contributed by atoms with Crippen molar-refractivity contribution in [3.8, 4) is 5.75 Å². The maximum atomic E-state index is 12.1. The molecule has 0 aliphatic carbocycles. The first-order valence-electron chi connectivity index (χ1n) is 8.53. The molecule has 1 saturated heterocycles. The lowest BCUT2D eigenvalue weighted by Gasteiger charge is -2.33. The van der Waals surface area contributed by atoms with Crippen LogP contribution >= 0.6 is 0 Å². The van der Waals surface area contributed by atoms with Gasteiger partial charge in [-0.15, -0.1) is 0 Å². The van der Waals surface area contributed by atoms with E-state index in [1.807, 2.05) is 39.8 Å². The molecule has 0 bridgehead atoms. The molecule has 1 aliphatic rings. The molecule has 1 aromatic rings. The van der Waals surface area contributed by atoms with Gasteiger partial charge in [-0.2, -0.15) is 0 Å². The highest BCUT2D eigenvalue weighted by Crippen LogP contribution is 2.23. The number of carbonyl (C=O) groups is 2. The number of aryl methyl sites for hydroxylation is 1. The van der Waals surface area contributed by atoms with Crippen LogP contribution in [0.2, 0.25) is 0 Å². The first-order valence-corrected chi connectivity index (χ1v) is 8.53. The molecule has 0 atom stereocenters. The Morgan fingerprint density at radius 3 is 2.36 bits per heavy atom. The molecule has 6 nitrogen and oxygen atoms in total. The molecule has 0 radical (unpaired) electrons. The molecule has 1 aromatic carbocycles. The van der Waals surface area contributed by atoms with Gasteiger partial charge >= 0.3 is 12.1 Å². The molecule has 1 aliphatic heterocycles. The Labute approximate surface area is 149 Å². The number of methoxy groups -OCH3 is 1. The predicted octanol–water partition coefficient (Wildman–Crippen LogP) is 3.56. The van der Waals surface area contributed by atoms with Crippen LogP contribution in [0.3, 0.4) is 0 Å². The fraction of sp³-hybridized carbons (Fsp3) is 0.579. The number of ether oxygens (including phenoxy) is 3. The molecule has 1 heterocycles. The third kappa shape index (κ3) is 5.37. The minimum Gasteiger partial charge on any atom is -0.490 e. The molecule has 0 N–H and O–H groups in total. The lowest BCUT2D eigenvalue weighted by molar-refractivity contribution is 0.0126. The maximum absolute atomic E-state index is 12.1. The van der Waals surface area contributed by atoms with Gasteiger partial charge in [-0.3, -0.25) is 0 Å². The van der Waals surface area contributed by atoms with Crippen molar-refractivity contribution in [1.29, 1.82) is 0 Å². The average molecular weight is 349 g/mol. The normalized spacial score (nSPS) is 15.6. The highest BCUT2D eigenvalue weighted by molar-refractivity contribution is 5.91. The van der Waals surface area contributed by atoms with Gasteiger partial charge in [-0.1, -0.05) is 6.07 Å². The van der Waals surface area contributed by atoms with Gasteiger partial charge in [0.1, 0.15) is 17.5 Å². The highest BCUT2D eigenvalue weighted by Gasteiger charge is 2.27. The monoisotopic (exact) mass is 349 g/mol. The Hall–Kier alpha value is -2.24. The number of benzene rings is 1. The SMILES string of the molecule is COC(=O)c1cc(OC2CCN(C(=O)OC(C)(C)C)CC2)ccc1C. The van der Waals surface area contributed by atoms with Crippen molar-refractivity contribution in [2.45, 2.75) is 52.2 Å². The number of hydrogen-bond donors (Lipinski definition) is 0. The number of amides is 1. The van der Waals surface area contributed by atoms with E-state index < -0.39 is 5.60 Å². The van der Waals surface area contributed by atoms with Crippen LogP contribution in [-0.4, -0.2) is 48.9 Å². The van der Waals surface area contributed by atoms with E-state index in [0.717, 1.165) is 18.4 Å². The predicted molar refractivity (Wildman–Crippen MR) is 94.0 cm³/mol. The van der Waals surface area contributed by atoms with E-state index in [2.05, 4.69) is 0 Å². The molecular formula is C19H27NO5. The topological polar surface area (TPSA) is 65.1 Å². The molecule has 0 aromatic heterocycles. The van der Waals surface area contributed by atoms with Crippen LogP contribution in [0.15, 0.2) is 18.2 Å². The van der Waals surface area contributed by atoms with Crippen molar-refractivity contribution < 1.29 is 23.8 Å². The summed E-state index contributed by atoms with van der Waals surface area (Å²) in [4.78, 5) is 25.6. The van der Waals surface area contributed by atoms with Crippen LogP contribution in [0.1, 0.15) is 49.5 Å². The molecule has 6 heteroatoms. The highest BCUT2D eigenvalue weighted by atomic mass is 16.6. The van der Waals surface area contributed by atoms with Gasteiger partial charge in [0.05, 0.1) is 12.7 Å². The van der Waals surface area contributed by atoms with Gasteiger partial charge in [-0.25, -0.2) is 9.59 Å². The van der Waals surface area contributed by atoms with Crippen molar-refractivity contribution in [2.75, 3.05) is 20.2 Å². The zero-order valence-electron chi connectivity index (χ0n) is 15.6. The molecule has 0 saturated carbocycles. The largest absolute Gasteiger partial charge is 0.490 e. The summed E-state index contributed by atoms with van der Waals surface area (Å²) in [7, 11) is 1.36. The van der Waals surface area contributed by atoms with Crippen LogP contribution in [0.5, 0.6) is 5.75 Å². The second-order valence-electron chi connectivity index (χ2n) is 7.25. The van der Waals surface area contributed by atoms with E-state index >= 15 is 0 Å². The maximum Gasteiger partial charge on any atom is 0.410 e. The van der Waals surface area contributed by atoms with E-state index in [1.165, 1.54) is 7.11 Å². The van der Waals surface area contributed by atoms with Crippen LogP contribution in [-0.2, 0) is 9.47 Å². The van der Waals surface area contributed by atoms with Crippen molar-refractivity contribution in [3.63, 3.8) is 0 Å². The van der Waals surface area contributed by atoms with E-state index in [9.17, 15) is 9.59 Å². The Bertz CT molecular complexity index is 627. The molecule has 1 amide bonds. The Morgan fingerprint density at radius 2 is 1.80 bits per heavy atom. The summed E-state index contributed by atoms with van der Waals surface area (Å²) in [5.74, 6) is 0.268. The third-order valence-corrected chi connectivity index (χ3v) is 4.01. The summed E-state index contributed by atoms with van der Waals surface area (Å²) in [5, 5.41) is 0. The fourth-order valence-electron chi connectivity index (χ4n) is 2.68. The molecule has 25 heavy (non-hydrogen) atoms. The van der Waals surface area contributed by atoms with Crippen LogP contribution in [0.25, 0.3) is 0 Å². The van der Waals surface area contributed by atoms with E-state index in [1.54, 1.807) is 11.0 Å². The number of esters is 1. The summed E-state index contributed by atoms with van der Waals surface area (Å²) in [6.45, 7) is 8.62. The number of nitrogens with zero attached hydrogens (tertiary/aromatic N) is 1. The third-order valence-electron chi connectivity index (χ3n) is 4.01. The summed E-state index contributed by atoms with van der Waals surface area (Å²) in [6.07, 6.45) is 1.17. The Morgan fingerprint density at radius 1 is 1.16 bits per heavy atom. The lowest BCUT2D eigenvalue weighted by atomic mass is 10.1. The number of rotatable bonds is 3. The average Bonchev–Trinajstić information content (AvgIpc) is 2.55. The number of carbonyl (C=O) groups excluding carboxylic acids is 2. The molecule has 0 unspecified atom stereocenters. The van der Waals surface area contributed by atoms with Crippen molar-refractivity contribution in [3.05, 3.63) is 29.3 Å². The first kappa shape index (κ1) is 19.1. The quantitative estimate of drug-likeness (QED) is 0.781. The van der Waals surface area contributed by atoms with Gasteiger partial charge in [0.2, 0.25) is 0 Å². The zero-order valence-corrected chi connectivity index (χ0v) is 15.6. The minimum absolute atomic E-state index is 0.00638. The molecule has 2 rings (SSSR count). The van der Waals surface area contributed by atoms with Crippen molar-refractivity contribution >= 4 is 12.1 Å². The number of likely N-dealkylation sites (tertiary alicyclic amines) is 1. The minimum atomic E-state index is -0.489. The van der Waals surface area contributed by atoms with Crippen LogP contribution in [0, 0.1) is 6.92 Å². The lowest BCUT2D eigenvalue weighted by Crippen LogP contribution is -2.44.